The van der Waals surface area contributed by atoms with Gasteiger partial charge in [0, 0.05) is 23.4 Å². The van der Waals surface area contributed by atoms with Crippen LogP contribution in [0.4, 0.5) is 0 Å². The molecular formula is C15H20BrN3O. The van der Waals surface area contributed by atoms with E-state index in [4.69, 9.17) is 4.52 Å². The van der Waals surface area contributed by atoms with Gasteiger partial charge in [-0.1, -0.05) is 47.1 Å². The number of nitrogens with zero attached hydrogens (tertiary/aromatic N) is 2. The Labute approximate surface area is 128 Å². The average Bonchev–Trinajstić information content (AvgIpc) is 2.88. The van der Waals surface area contributed by atoms with E-state index in [0.717, 1.165) is 29.7 Å². The summed E-state index contributed by atoms with van der Waals surface area (Å²) in [7, 11) is 0. The van der Waals surface area contributed by atoms with Crippen molar-refractivity contribution in [2.24, 2.45) is 0 Å². The Morgan fingerprint density at radius 1 is 1.25 bits per heavy atom. The third-order valence-corrected chi connectivity index (χ3v) is 3.72. The Morgan fingerprint density at radius 3 is 2.65 bits per heavy atom. The molecule has 20 heavy (non-hydrogen) atoms. The van der Waals surface area contributed by atoms with E-state index in [-0.39, 0.29) is 0 Å². The van der Waals surface area contributed by atoms with Gasteiger partial charge < -0.3 is 9.84 Å². The minimum Gasteiger partial charge on any atom is -0.339 e. The van der Waals surface area contributed by atoms with Gasteiger partial charge in [0.15, 0.2) is 5.82 Å². The predicted octanol–water partition coefficient (Wildman–Crippen LogP) is 3.35. The summed E-state index contributed by atoms with van der Waals surface area (Å²) in [5.74, 6) is 1.46. The molecule has 1 aromatic carbocycles. The van der Waals surface area contributed by atoms with E-state index in [0.29, 0.717) is 18.4 Å². The topological polar surface area (TPSA) is 51.0 Å². The Morgan fingerprint density at radius 2 is 2.00 bits per heavy atom. The number of hydrogen-bond acceptors (Lipinski definition) is 4. The molecule has 0 saturated heterocycles. The van der Waals surface area contributed by atoms with Crippen LogP contribution in [0.15, 0.2) is 33.3 Å². The Bertz CT molecular complexity index is 524. The van der Waals surface area contributed by atoms with Crippen LogP contribution in [0.1, 0.15) is 37.5 Å². The highest BCUT2D eigenvalue weighted by Gasteiger charge is 2.12. The highest BCUT2D eigenvalue weighted by Crippen LogP contribution is 2.13. The zero-order valence-electron chi connectivity index (χ0n) is 11.9. The van der Waals surface area contributed by atoms with Crippen molar-refractivity contribution in [3.8, 4) is 0 Å². The third kappa shape index (κ3) is 4.42. The van der Waals surface area contributed by atoms with Crippen molar-refractivity contribution in [1.29, 1.82) is 0 Å². The van der Waals surface area contributed by atoms with Gasteiger partial charge in [-0.3, -0.25) is 0 Å². The second-order valence-electron chi connectivity index (χ2n) is 4.77. The number of hydrogen-bond donors (Lipinski definition) is 1. The van der Waals surface area contributed by atoms with Crippen LogP contribution >= 0.6 is 15.9 Å². The first-order chi connectivity index (χ1) is 9.71. The minimum absolute atomic E-state index is 0.404. The molecule has 0 aliphatic rings. The molecule has 0 bridgehead atoms. The summed E-state index contributed by atoms with van der Waals surface area (Å²) < 4.78 is 6.40. The lowest BCUT2D eigenvalue weighted by Gasteiger charge is -2.12. The van der Waals surface area contributed by atoms with E-state index in [9.17, 15) is 0 Å². The van der Waals surface area contributed by atoms with Crippen molar-refractivity contribution in [2.75, 3.05) is 6.54 Å². The van der Waals surface area contributed by atoms with Crippen LogP contribution in [0.25, 0.3) is 0 Å². The molecule has 0 spiro atoms. The van der Waals surface area contributed by atoms with Crippen molar-refractivity contribution in [3.05, 3.63) is 46.0 Å². The lowest BCUT2D eigenvalue weighted by molar-refractivity contribution is 0.352. The second kappa shape index (κ2) is 7.55. The van der Waals surface area contributed by atoms with Crippen LogP contribution in [0.2, 0.25) is 0 Å². The fourth-order valence-electron chi connectivity index (χ4n) is 2.09. The van der Waals surface area contributed by atoms with Gasteiger partial charge >= 0.3 is 0 Å². The van der Waals surface area contributed by atoms with E-state index in [1.54, 1.807) is 0 Å². The lowest BCUT2D eigenvalue weighted by atomic mass is 10.1. The Kier molecular flexibility index (Phi) is 5.73. The molecule has 0 aliphatic carbocycles. The molecule has 0 radical (unpaired) electrons. The van der Waals surface area contributed by atoms with Gasteiger partial charge in [-0.2, -0.15) is 4.98 Å². The molecule has 1 heterocycles. The third-order valence-electron chi connectivity index (χ3n) is 3.19. The van der Waals surface area contributed by atoms with E-state index in [1.165, 1.54) is 5.56 Å². The highest BCUT2D eigenvalue weighted by atomic mass is 79.9. The molecule has 2 aromatic rings. The summed E-state index contributed by atoms with van der Waals surface area (Å²) in [6.07, 6.45) is 2.55. The lowest BCUT2D eigenvalue weighted by Crippen LogP contribution is -2.30. The van der Waals surface area contributed by atoms with Gasteiger partial charge in [-0.05, 0) is 30.7 Å². The van der Waals surface area contributed by atoms with Crippen LogP contribution < -0.4 is 5.32 Å². The van der Waals surface area contributed by atoms with Crippen molar-refractivity contribution in [2.45, 2.75) is 39.2 Å². The number of likely N-dealkylation sites (N-methyl/N-ethyl adjacent to an activating group) is 1. The quantitative estimate of drug-likeness (QED) is 0.841. The molecule has 1 N–H and O–H groups in total. The van der Waals surface area contributed by atoms with Crippen LogP contribution in [0, 0.1) is 0 Å². The fraction of sp³-hybridized carbons (Fsp3) is 0.467. The smallest absolute Gasteiger partial charge is 0.228 e. The van der Waals surface area contributed by atoms with Gasteiger partial charge in [0.05, 0.1) is 0 Å². The second-order valence-corrected chi connectivity index (χ2v) is 5.69. The summed E-state index contributed by atoms with van der Waals surface area (Å²) in [5.41, 5.74) is 1.18. The molecule has 0 fully saturated rings. The number of halogens is 1. The molecule has 5 heteroatoms. The first kappa shape index (κ1) is 15.2. The molecule has 2 rings (SSSR count). The summed E-state index contributed by atoms with van der Waals surface area (Å²) in [6, 6.07) is 8.57. The van der Waals surface area contributed by atoms with Crippen molar-refractivity contribution in [1.82, 2.24) is 15.5 Å². The molecule has 1 unspecified atom stereocenters. The van der Waals surface area contributed by atoms with Crippen molar-refractivity contribution >= 4 is 15.9 Å². The predicted molar refractivity (Wildman–Crippen MR) is 82.7 cm³/mol. The van der Waals surface area contributed by atoms with E-state index < -0.39 is 0 Å². The van der Waals surface area contributed by atoms with E-state index in [1.807, 2.05) is 12.1 Å². The summed E-state index contributed by atoms with van der Waals surface area (Å²) in [6.45, 7) is 5.22. The zero-order valence-corrected chi connectivity index (χ0v) is 13.5. The van der Waals surface area contributed by atoms with Gasteiger partial charge in [-0.25, -0.2) is 0 Å². The van der Waals surface area contributed by atoms with Gasteiger partial charge in [0.1, 0.15) is 0 Å². The maximum atomic E-state index is 5.33. The molecule has 0 saturated carbocycles. The molecule has 4 nitrogen and oxygen atoms in total. The first-order valence-corrected chi connectivity index (χ1v) is 7.79. The standard InChI is InChI=1S/C15H20BrN3O/c1-3-13(17-4-2)10-15-18-14(19-20-15)9-11-5-7-12(16)8-6-11/h5-8,13,17H,3-4,9-10H2,1-2H3. The first-order valence-electron chi connectivity index (χ1n) is 7.00. The molecule has 1 aromatic heterocycles. The average molecular weight is 338 g/mol. The number of benzene rings is 1. The number of nitrogens with one attached hydrogen (secondary N) is 1. The molecule has 1 atom stereocenters. The van der Waals surface area contributed by atoms with E-state index in [2.05, 4.69) is 57.4 Å². The SMILES string of the molecule is CCNC(CC)Cc1nc(Cc2ccc(Br)cc2)no1. The molecule has 0 aliphatic heterocycles. The van der Waals surface area contributed by atoms with Crippen LogP contribution in [-0.4, -0.2) is 22.7 Å². The van der Waals surface area contributed by atoms with Crippen molar-refractivity contribution < 1.29 is 4.52 Å². The van der Waals surface area contributed by atoms with Gasteiger partial charge in [0.25, 0.3) is 0 Å². The monoisotopic (exact) mass is 337 g/mol. The molecular weight excluding hydrogens is 318 g/mol. The number of aromatic nitrogens is 2. The summed E-state index contributed by atoms with van der Waals surface area (Å²) >= 11 is 3.43. The normalized spacial score (nSPS) is 12.6. The van der Waals surface area contributed by atoms with E-state index >= 15 is 0 Å². The maximum Gasteiger partial charge on any atom is 0.228 e. The largest absolute Gasteiger partial charge is 0.339 e. The van der Waals surface area contributed by atoms with Crippen LogP contribution in [0.3, 0.4) is 0 Å². The van der Waals surface area contributed by atoms with Gasteiger partial charge in [0.2, 0.25) is 5.89 Å². The van der Waals surface area contributed by atoms with Crippen molar-refractivity contribution in [3.63, 3.8) is 0 Å². The highest BCUT2D eigenvalue weighted by molar-refractivity contribution is 9.10. The summed E-state index contributed by atoms with van der Waals surface area (Å²) in [5, 5.41) is 7.47. The Hall–Kier alpha value is -1.20. The number of rotatable bonds is 7. The molecule has 0 amide bonds. The fourth-order valence-corrected chi connectivity index (χ4v) is 2.35. The zero-order chi connectivity index (χ0) is 14.4. The van der Waals surface area contributed by atoms with Crippen LogP contribution in [0.5, 0.6) is 0 Å². The Balaban J connectivity index is 1.96. The molecule has 108 valence electrons. The minimum atomic E-state index is 0.404. The maximum absolute atomic E-state index is 5.33. The van der Waals surface area contributed by atoms with Crippen LogP contribution in [-0.2, 0) is 12.8 Å². The van der Waals surface area contributed by atoms with Gasteiger partial charge in [-0.15, -0.1) is 0 Å². The summed E-state index contributed by atoms with van der Waals surface area (Å²) in [4.78, 5) is 4.47.